The van der Waals surface area contributed by atoms with Gasteiger partial charge >= 0.3 is 0 Å². The van der Waals surface area contributed by atoms with Crippen molar-refractivity contribution < 1.29 is 14.3 Å². The normalized spacial score (nSPS) is 18.5. The molecule has 0 saturated carbocycles. The number of hydrogen-bond donors (Lipinski definition) is 2. The number of carbonyl (C=O) groups excluding carboxylic acids is 1. The number of para-hydroxylation sites is 1. The van der Waals surface area contributed by atoms with Gasteiger partial charge < -0.3 is 24.7 Å². The molecule has 1 fully saturated rings. The predicted molar refractivity (Wildman–Crippen MR) is 118 cm³/mol. The van der Waals surface area contributed by atoms with Gasteiger partial charge in [-0.2, -0.15) is 0 Å². The van der Waals surface area contributed by atoms with Crippen molar-refractivity contribution in [1.29, 1.82) is 0 Å². The van der Waals surface area contributed by atoms with Gasteiger partial charge in [0, 0.05) is 42.0 Å². The number of benzene rings is 2. The molecule has 0 spiro atoms. The zero-order valence-electron chi connectivity index (χ0n) is 17.5. The molecular weight excluding hydrogens is 378 g/mol. The van der Waals surface area contributed by atoms with Crippen LogP contribution < -0.4 is 14.8 Å². The lowest BCUT2D eigenvalue weighted by molar-refractivity contribution is 0.0716. The Bertz CT molecular complexity index is 1100. The summed E-state index contributed by atoms with van der Waals surface area (Å²) in [4.78, 5) is 18.7. The number of carbonyl (C=O) groups is 1. The molecule has 1 unspecified atom stereocenters. The molecule has 5 rings (SSSR count). The van der Waals surface area contributed by atoms with Crippen molar-refractivity contribution in [2.24, 2.45) is 0 Å². The molecule has 1 saturated heterocycles. The van der Waals surface area contributed by atoms with Crippen LogP contribution in [0.1, 0.15) is 34.5 Å². The average Bonchev–Trinajstić information content (AvgIpc) is 3.07. The van der Waals surface area contributed by atoms with Gasteiger partial charge in [-0.3, -0.25) is 4.79 Å². The molecule has 6 nitrogen and oxygen atoms in total. The van der Waals surface area contributed by atoms with E-state index in [1.54, 1.807) is 0 Å². The van der Waals surface area contributed by atoms with Crippen LogP contribution >= 0.6 is 0 Å². The quantitative estimate of drug-likeness (QED) is 0.683. The number of aromatic amines is 1. The van der Waals surface area contributed by atoms with E-state index < -0.39 is 0 Å². The topological polar surface area (TPSA) is 66.6 Å². The number of nitrogens with zero attached hydrogens (tertiary/aromatic N) is 1. The summed E-state index contributed by atoms with van der Waals surface area (Å²) in [6.07, 6.45) is 2.01. The molecule has 1 aromatic heterocycles. The third kappa shape index (κ3) is 3.36. The van der Waals surface area contributed by atoms with Crippen LogP contribution in [0.5, 0.6) is 11.5 Å². The standard InChI is InChI=1S/C24H27N3O3/c1-15-16(2)25-23-19(15)6-3-7-20(23)24(28)27-10-4-5-18(14-27)26-17-8-9-21-22(13-17)30-12-11-29-21/h3,6-9,13,18,25-26H,4-5,10-12,14H2,1-2H3. The number of aryl methyl sites for hydroxylation is 2. The largest absolute Gasteiger partial charge is 0.486 e. The zero-order chi connectivity index (χ0) is 20.7. The molecule has 6 heteroatoms. The van der Waals surface area contributed by atoms with Crippen molar-refractivity contribution in [2.75, 3.05) is 31.6 Å². The number of anilines is 1. The van der Waals surface area contributed by atoms with Gasteiger partial charge in [-0.15, -0.1) is 0 Å². The SMILES string of the molecule is Cc1[nH]c2c(C(=O)N3CCCC(Nc4ccc5c(c4)OCCO5)C3)cccc2c1C. The monoisotopic (exact) mass is 405 g/mol. The van der Waals surface area contributed by atoms with Crippen LogP contribution in [0.3, 0.4) is 0 Å². The Morgan fingerprint density at radius 2 is 1.97 bits per heavy atom. The van der Waals surface area contributed by atoms with Crippen LogP contribution in [0.2, 0.25) is 0 Å². The van der Waals surface area contributed by atoms with Gasteiger partial charge in [0.15, 0.2) is 11.5 Å². The maximum Gasteiger partial charge on any atom is 0.256 e. The van der Waals surface area contributed by atoms with E-state index in [2.05, 4.69) is 30.2 Å². The maximum absolute atomic E-state index is 13.4. The number of nitrogens with one attached hydrogen (secondary N) is 2. The molecule has 2 aliphatic rings. The number of amides is 1. The summed E-state index contributed by atoms with van der Waals surface area (Å²) in [6, 6.07) is 12.1. The number of H-pyrrole nitrogens is 1. The predicted octanol–water partition coefficient (Wildman–Crippen LogP) is 4.27. The van der Waals surface area contributed by atoms with E-state index in [-0.39, 0.29) is 11.9 Å². The highest BCUT2D eigenvalue weighted by Gasteiger charge is 2.26. The summed E-state index contributed by atoms with van der Waals surface area (Å²) >= 11 is 0. The van der Waals surface area contributed by atoms with Gasteiger partial charge in [0.25, 0.3) is 5.91 Å². The molecule has 1 amide bonds. The van der Waals surface area contributed by atoms with Gasteiger partial charge in [-0.25, -0.2) is 0 Å². The van der Waals surface area contributed by atoms with Crippen LogP contribution in [-0.2, 0) is 0 Å². The Labute approximate surface area is 176 Å². The summed E-state index contributed by atoms with van der Waals surface area (Å²) in [5, 5.41) is 4.71. The third-order valence-corrected chi connectivity index (χ3v) is 6.20. The molecular formula is C24H27N3O3. The summed E-state index contributed by atoms with van der Waals surface area (Å²) < 4.78 is 11.3. The molecule has 2 aliphatic heterocycles. The minimum Gasteiger partial charge on any atom is -0.486 e. The van der Waals surface area contributed by atoms with Gasteiger partial charge in [0.1, 0.15) is 13.2 Å². The lowest BCUT2D eigenvalue weighted by atomic mass is 10.0. The van der Waals surface area contributed by atoms with Crippen LogP contribution in [0, 0.1) is 13.8 Å². The highest BCUT2D eigenvalue weighted by molar-refractivity contribution is 6.06. The van der Waals surface area contributed by atoms with E-state index in [0.717, 1.165) is 58.7 Å². The molecule has 0 radical (unpaired) electrons. The first-order valence-electron chi connectivity index (χ1n) is 10.6. The molecule has 156 valence electrons. The summed E-state index contributed by atoms with van der Waals surface area (Å²) in [5.41, 5.74) is 5.01. The molecule has 3 aromatic rings. The van der Waals surface area contributed by atoms with Crippen molar-refractivity contribution >= 4 is 22.5 Å². The van der Waals surface area contributed by atoms with Crippen molar-refractivity contribution in [3.05, 3.63) is 53.2 Å². The third-order valence-electron chi connectivity index (χ3n) is 6.20. The van der Waals surface area contributed by atoms with E-state index in [9.17, 15) is 4.79 Å². The van der Waals surface area contributed by atoms with Crippen LogP contribution in [0.4, 0.5) is 5.69 Å². The average molecular weight is 405 g/mol. The maximum atomic E-state index is 13.4. The fourth-order valence-electron chi connectivity index (χ4n) is 4.48. The zero-order valence-corrected chi connectivity index (χ0v) is 17.5. The Balaban J connectivity index is 1.33. The number of likely N-dealkylation sites (tertiary alicyclic amines) is 1. The van der Waals surface area contributed by atoms with Crippen molar-refractivity contribution in [2.45, 2.75) is 32.7 Å². The molecule has 0 bridgehead atoms. The van der Waals surface area contributed by atoms with E-state index in [1.807, 2.05) is 35.2 Å². The molecule has 30 heavy (non-hydrogen) atoms. The number of aromatic nitrogens is 1. The van der Waals surface area contributed by atoms with Crippen molar-refractivity contribution in [1.82, 2.24) is 9.88 Å². The first kappa shape index (κ1) is 18.9. The molecule has 3 heterocycles. The van der Waals surface area contributed by atoms with Crippen molar-refractivity contribution in [3.8, 4) is 11.5 Å². The minimum atomic E-state index is 0.0931. The Morgan fingerprint density at radius 3 is 2.83 bits per heavy atom. The smallest absolute Gasteiger partial charge is 0.256 e. The second-order valence-corrected chi connectivity index (χ2v) is 8.20. The number of fused-ring (bicyclic) bond motifs is 2. The van der Waals surface area contributed by atoms with Crippen LogP contribution in [0.25, 0.3) is 10.9 Å². The lowest BCUT2D eigenvalue weighted by Crippen LogP contribution is -2.45. The van der Waals surface area contributed by atoms with E-state index in [0.29, 0.717) is 19.8 Å². The molecule has 2 N–H and O–H groups in total. The second-order valence-electron chi connectivity index (χ2n) is 8.20. The van der Waals surface area contributed by atoms with E-state index in [1.165, 1.54) is 5.56 Å². The fraction of sp³-hybridized carbons (Fsp3) is 0.375. The Hall–Kier alpha value is -3.15. The molecule has 1 atom stereocenters. The van der Waals surface area contributed by atoms with Gasteiger partial charge in [0.2, 0.25) is 0 Å². The second kappa shape index (κ2) is 7.59. The fourth-order valence-corrected chi connectivity index (χ4v) is 4.48. The minimum absolute atomic E-state index is 0.0931. The van der Waals surface area contributed by atoms with Crippen LogP contribution in [-0.4, -0.2) is 48.1 Å². The Morgan fingerprint density at radius 1 is 1.13 bits per heavy atom. The summed E-state index contributed by atoms with van der Waals surface area (Å²) in [7, 11) is 0. The summed E-state index contributed by atoms with van der Waals surface area (Å²) in [6.45, 7) is 6.78. The highest BCUT2D eigenvalue weighted by Crippen LogP contribution is 2.33. The number of piperidine rings is 1. The summed E-state index contributed by atoms with van der Waals surface area (Å²) in [5.74, 6) is 1.66. The first-order chi connectivity index (χ1) is 14.6. The Kier molecular flexibility index (Phi) is 4.77. The number of hydrogen-bond acceptors (Lipinski definition) is 4. The van der Waals surface area contributed by atoms with Gasteiger partial charge in [0.05, 0.1) is 11.1 Å². The molecule has 0 aliphatic carbocycles. The number of rotatable bonds is 3. The number of ether oxygens (including phenoxy) is 2. The first-order valence-corrected chi connectivity index (χ1v) is 10.6. The highest BCUT2D eigenvalue weighted by atomic mass is 16.6. The van der Waals surface area contributed by atoms with Crippen LogP contribution in [0.15, 0.2) is 36.4 Å². The van der Waals surface area contributed by atoms with E-state index >= 15 is 0 Å². The lowest BCUT2D eigenvalue weighted by Gasteiger charge is -2.34. The van der Waals surface area contributed by atoms with Gasteiger partial charge in [-0.1, -0.05) is 12.1 Å². The van der Waals surface area contributed by atoms with E-state index in [4.69, 9.17) is 9.47 Å². The molecule has 2 aromatic carbocycles. The van der Waals surface area contributed by atoms with Gasteiger partial charge in [-0.05, 0) is 50.5 Å². The van der Waals surface area contributed by atoms with Crippen molar-refractivity contribution in [3.63, 3.8) is 0 Å².